The zero-order valence-electron chi connectivity index (χ0n) is 10.6. The highest BCUT2D eigenvalue weighted by Crippen LogP contribution is 2.18. The molecule has 2 rings (SSSR count). The van der Waals surface area contributed by atoms with Crippen LogP contribution in [0.1, 0.15) is 10.4 Å². The van der Waals surface area contributed by atoms with Crippen LogP contribution in [0, 0.1) is 10.1 Å². The van der Waals surface area contributed by atoms with E-state index in [0.717, 1.165) is 12.3 Å². The van der Waals surface area contributed by atoms with Gasteiger partial charge in [-0.1, -0.05) is 0 Å². The van der Waals surface area contributed by atoms with Crippen LogP contribution in [0.15, 0.2) is 12.3 Å². The van der Waals surface area contributed by atoms with Crippen LogP contribution in [0.2, 0.25) is 0 Å². The third kappa shape index (κ3) is 3.39. The second-order valence-electron chi connectivity index (χ2n) is 4.16. The van der Waals surface area contributed by atoms with Crippen LogP contribution in [-0.2, 0) is 9.47 Å². The van der Waals surface area contributed by atoms with Crippen LogP contribution in [0.25, 0.3) is 0 Å². The van der Waals surface area contributed by atoms with E-state index in [9.17, 15) is 14.9 Å². The predicted octanol–water partition coefficient (Wildman–Crippen LogP) is -0.0840. The summed E-state index contributed by atoms with van der Waals surface area (Å²) in [6, 6.07) is 1.09. The van der Waals surface area contributed by atoms with Crippen molar-refractivity contribution in [2.24, 2.45) is 5.73 Å². The maximum absolute atomic E-state index is 11.3. The molecule has 1 aliphatic rings. The van der Waals surface area contributed by atoms with Crippen molar-refractivity contribution in [2.75, 3.05) is 31.7 Å². The molecule has 1 atom stereocenters. The van der Waals surface area contributed by atoms with Crippen molar-refractivity contribution in [1.29, 1.82) is 0 Å². The number of ether oxygens (including phenoxy) is 2. The summed E-state index contributed by atoms with van der Waals surface area (Å²) in [5.41, 5.74) is 4.87. The molecule has 1 aromatic heterocycles. The molecule has 2 heterocycles. The summed E-state index contributed by atoms with van der Waals surface area (Å²) in [4.78, 5) is 25.2. The van der Waals surface area contributed by atoms with E-state index in [-0.39, 0.29) is 23.2 Å². The van der Waals surface area contributed by atoms with Crippen LogP contribution in [-0.4, -0.2) is 48.3 Å². The van der Waals surface area contributed by atoms with E-state index in [2.05, 4.69) is 10.3 Å². The highest BCUT2D eigenvalue weighted by molar-refractivity contribution is 5.98. The molecule has 0 unspecified atom stereocenters. The van der Waals surface area contributed by atoms with Crippen LogP contribution in [0.5, 0.6) is 0 Å². The lowest BCUT2D eigenvalue weighted by Gasteiger charge is -2.23. The fourth-order valence-corrected chi connectivity index (χ4v) is 1.75. The van der Waals surface area contributed by atoms with E-state index in [0.29, 0.717) is 26.4 Å². The average molecular weight is 282 g/mol. The van der Waals surface area contributed by atoms with Crippen LogP contribution < -0.4 is 11.1 Å². The number of anilines is 1. The fourth-order valence-electron chi connectivity index (χ4n) is 1.75. The number of aromatic nitrogens is 1. The number of pyridine rings is 1. The van der Waals surface area contributed by atoms with Gasteiger partial charge in [-0.25, -0.2) is 4.98 Å². The molecule has 0 spiro atoms. The summed E-state index contributed by atoms with van der Waals surface area (Å²) in [7, 11) is 0. The topological polar surface area (TPSA) is 130 Å². The molecule has 1 saturated heterocycles. The van der Waals surface area contributed by atoms with E-state index >= 15 is 0 Å². The lowest BCUT2D eigenvalue weighted by molar-refractivity contribution is -0.385. The first-order valence-electron chi connectivity index (χ1n) is 5.95. The zero-order valence-corrected chi connectivity index (χ0v) is 10.6. The predicted molar refractivity (Wildman–Crippen MR) is 68.5 cm³/mol. The minimum absolute atomic E-state index is 0.0315. The molecule has 3 N–H and O–H groups in total. The number of hydrogen-bond acceptors (Lipinski definition) is 7. The van der Waals surface area contributed by atoms with Gasteiger partial charge >= 0.3 is 0 Å². The number of nitrogens with one attached hydrogen (secondary N) is 1. The highest BCUT2D eigenvalue weighted by atomic mass is 16.6. The monoisotopic (exact) mass is 282 g/mol. The van der Waals surface area contributed by atoms with Crippen molar-refractivity contribution in [3.63, 3.8) is 0 Å². The van der Waals surface area contributed by atoms with Gasteiger partial charge in [-0.3, -0.25) is 14.9 Å². The van der Waals surface area contributed by atoms with E-state index < -0.39 is 10.8 Å². The SMILES string of the molecule is NC(=O)c1cc([N+](=O)[O-])cnc1NC[C@@H]1COCCO1. The minimum atomic E-state index is -0.787. The average Bonchev–Trinajstić information content (AvgIpc) is 2.45. The number of rotatable bonds is 5. The number of amides is 1. The molecular formula is C11H14N4O5. The molecule has 0 radical (unpaired) electrons. The minimum Gasteiger partial charge on any atom is -0.376 e. The van der Waals surface area contributed by atoms with Gasteiger partial charge in [0.05, 0.1) is 36.4 Å². The van der Waals surface area contributed by atoms with Crippen molar-refractivity contribution in [1.82, 2.24) is 4.98 Å². The Morgan fingerprint density at radius 3 is 3.00 bits per heavy atom. The van der Waals surface area contributed by atoms with Gasteiger partial charge in [0.1, 0.15) is 12.0 Å². The molecule has 108 valence electrons. The molecule has 1 amide bonds. The molecule has 0 saturated carbocycles. The maximum atomic E-state index is 11.3. The number of nitro groups is 1. The van der Waals surface area contributed by atoms with Gasteiger partial charge in [-0.2, -0.15) is 0 Å². The summed E-state index contributed by atoms with van der Waals surface area (Å²) in [6.07, 6.45) is 0.897. The summed E-state index contributed by atoms with van der Waals surface area (Å²) >= 11 is 0. The van der Waals surface area contributed by atoms with Crippen LogP contribution in [0.4, 0.5) is 11.5 Å². The maximum Gasteiger partial charge on any atom is 0.288 e. The smallest absolute Gasteiger partial charge is 0.288 e. The van der Waals surface area contributed by atoms with Gasteiger partial charge in [-0.05, 0) is 0 Å². The summed E-state index contributed by atoms with van der Waals surface area (Å²) in [5.74, 6) is -0.596. The van der Waals surface area contributed by atoms with Gasteiger partial charge in [0.2, 0.25) is 0 Å². The molecule has 1 aliphatic heterocycles. The summed E-state index contributed by atoms with van der Waals surface area (Å²) in [5, 5.41) is 13.5. The number of hydrogen-bond donors (Lipinski definition) is 2. The quantitative estimate of drug-likeness (QED) is 0.570. The Balaban J connectivity index is 2.09. The van der Waals surface area contributed by atoms with Gasteiger partial charge in [0.25, 0.3) is 11.6 Å². The third-order valence-electron chi connectivity index (χ3n) is 2.73. The van der Waals surface area contributed by atoms with Gasteiger partial charge < -0.3 is 20.5 Å². The number of carbonyl (C=O) groups excluding carboxylic acids is 1. The van der Waals surface area contributed by atoms with E-state index in [1.807, 2.05) is 0 Å². The standard InChI is InChI=1S/C11H14N4O5/c12-10(16)9-3-7(15(17)18)4-13-11(9)14-5-8-6-19-1-2-20-8/h3-4,8H,1-2,5-6H2,(H2,12,16)(H,13,14)/t8-/m1/s1. The molecular weight excluding hydrogens is 268 g/mol. The Morgan fingerprint density at radius 2 is 2.40 bits per heavy atom. The zero-order chi connectivity index (χ0) is 14.5. The number of nitrogens with two attached hydrogens (primary N) is 1. The molecule has 0 bridgehead atoms. The Labute approximate surface area is 114 Å². The lowest BCUT2D eigenvalue weighted by atomic mass is 10.2. The second kappa shape index (κ2) is 6.26. The van der Waals surface area contributed by atoms with E-state index in [1.54, 1.807) is 0 Å². The molecule has 0 aliphatic carbocycles. The summed E-state index contributed by atoms with van der Waals surface area (Å²) < 4.78 is 10.7. The first kappa shape index (κ1) is 14.2. The van der Waals surface area contributed by atoms with Crippen LogP contribution in [0.3, 0.4) is 0 Å². The Hall–Kier alpha value is -2.26. The first-order chi connectivity index (χ1) is 9.58. The van der Waals surface area contributed by atoms with Crippen molar-refractivity contribution in [2.45, 2.75) is 6.10 Å². The van der Waals surface area contributed by atoms with Crippen molar-refractivity contribution >= 4 is 17.4 Å². The highest BCUT2D eigenvalue weighted by Gasteiger charge is 2.18. The van der Waals surface area contributed by atoms with Crippen LogP contribution >= 0.6 is 0 Å². The number of nitrogens with zero attached hydrogens (tertiary/aromatic N) is 2. The Bertz CT molecular complexity index is 516. The van der Waals surface area contributed by atoms with Crippen molar-refractivity contribution in [3.05, 3.63) is 27.9 Å². The number of primary amides is 1. The first-order valence-corrected chi connectivity index (χ1v) is 5.95. The molecule has 20 heavy (non-hydrogen) atoms. The molecule has 9 nitrogen and oxygen atoms in total. The van der Waals surface area contributed by atoms with Gasteiger partial charge in [-0.15, -0.1) is 0 Å². The second-order valence-corrected chi connectivity index (χ2v) is 4.16. The fraction of sp³-hybridized carbons (Fsp3) is 0.455. The Morgan fingerprint density at radius 1 is 1.60 bits per heavy atom. The molecule has 0 aromatic carbocycles. The largest absolute Gasteiger partial charge is 0.376 e. The molecule has 9 heteroatoms. The normalized spacial score (nSPS) is 18.5. The van der Waals surface area contributed by atoms with E-state index in [1.165, 1.54) is 0 Å². The molecule has 1 aromatic rings. The molecule has 1 fully saturated rings. The third-order valence-corrected chi connectivity index (χ3v) is 2.73. The Kier molecular flexibility index (Phi) is 4.43. The number of carbonyl (C=O) groups is 1. The van der Waals surface area contributed by atoms with Crippen molar-refractivity contribution in [3.8, 4) is 0 Å². The van der Waals surface area contributed by atoms with Gasteiger partial charge in [0.15, 0.2) is 0 Å². The summed E-state index contributed by atoms with van der Waals surface area (Å²) in [6.45, 7) is 1.86. The lowest BCUT2D eigenvalue weighted by Crippen LogP contribution is -2.34. The van der Waals surface area contributed by atoms with Gasteiger partial charge in [0, 0.05) is 12.6 Å². The van der Waals surface area contributed by atoms with Crippen molar-refractivity contribution < 1.29 is 19.2 Å². The van der Waals surface area contributed by atoms with E-state index in [4.69, 9.17) is 15.2 Å².